The van der Waals surface area contributed by atoms with Gasteiger partial charge in [0, 0.05) is 18.9 Å². The van der Waals surface area contributed by atoms with E-state index in [4.69, 9.17) is 4.74 Å². The minimum Gasteiger partial charge on any atom is -0.497 e. The molecule has 0 saturated carbocycles. The van der Waals surface area contributed by atoms with Crippen molar-refractivity contribution in [1.29, 1.82) is 0 Å². The van der Waals surface area contributed by atoms with Gasteiger partial charge in [0.2, 0.25) is 5.91 Å². The Kier molecular flexibility index (Phi) is 5.75. The normalized spacial score (nSPS) is 11.5. The van der Waals surface area contributed by atoms with Crippen LogP contribution in [0.5, 0.6) is 5.75 Å². The summed E-state index contributed by atoms with van der Waals surface area (Å²) in [7, 11) is -2.19. The van der Waals surface area contributed by atoms with E-state index < -0.39 is 10.0 Å². The van der Waals surface area contributed by atoms with E-state index in [1.807, 2.05) is 6.07 Å². The molecule has 1 N–H and O–H groups in total. The van der Waals surface area contributed by atoms with E-state index >= 15 is 0 Å². The van der Waals surface area contributed by atoms with Crippen LogP contribution in [0.25, 0.3) is 10.9 Å². The smallest absolute Gasteiger partial charge is 0.269 e. The highest BCUT2D eigenvalue weighted by atomic mass is 127. The maximum atomic E-state index is 13.3. The first kappa shape index (κ1) is 19.7. The number of carbonyl (C=O) groups excluding carboxylic acids is 1. The Morgan fingerprint density at radius 1 is 1.19 bits per heavy atom. The Morgan fingerprint density at radius 3 is 2.52 bits per heavy atom. The van der Waals surface area contributed by atoms with Gasteiger partial charge in [-0.15, -0.1) is 0 Å². The second kappa shape index (κ2) is 7.89. The van der Waals surface area contributed by atoms with Crippen LogP contribution in [0.15, 0.2) is 53.4 Å². The first-order chi connectivity index (χ1) is 12.9. The van der Waals surface area contributed by atoms with Crippen LogP contribution in [-0.4, -0.2) is 32.0 Å². The van der Waals surface area contributed by atoms with Gasteiger partial charge in [0.1, 0.15) is 5.75 Å². The third-order valence-electron chi connectivity index (χ3n) is 4.21. The average molecular weight is 498 g/mol. The minimum atomic E-state index is -3.76. The molecule has 3 rings (SSSR count). The molecule has 142 valence electrons. The third-order valence-corrected chi connectivity index (χ3v) is 7.39. The standard InChI is InChI=1S/C19H19IN2O4S/c1-13(23)21-11-10-16-17-12-14(26-2)8-9-18(17)22(19(16)20)27(24,25)15-6-4-3-5-7-15/h3-9,12H,10-11H2,1-2H3,(H,21,23). The quantitative estimate of drug-likeness (QED) is 0.530. The van der Waals surface area contributed by atoms with Crippen molar-refractivity contribution in [2.45, 2.75) is 18.2 Å². The van der Waals surface area contributed by atoms with Crippen molar-refractivity contribution in [2.75, 3.05) is 13.7 Å². The molecule has 0 aliphatic rings. The van der Waals surface area contributed by atoms with Crippen molar-refractivity contribution in [3.8, 4) is 5.75 Å². The van der Waals surface area contributed by atoms with Crippen LogP contribution in [0.3, 0.4) is 0 Å². The predicted molar refractivity (Wildman–Crippen MR) is 113 cm³/mol. The van der Waals surface area contributed by atoms with Crippen molar-refractivity contribution >= 4 is 49.4 Å². The van der Waals surface area contributed by atoms with E-state index in [-0.39, 0.29) is 10.8 Å². The molecule has 0 radical (unpaired) electrons. The topological polar surface area (TPSA) is 77.4 Å². The lowest BCUT2D eigenvalue weighted by molar-refractivity contribution is -0.118. The Morgan fingerprint density at radius 2 is 1.89 bits per heavy atom. The molecule has 0 aliphatic heterocycles. The molecule has 1 heterocycles. The summed E-state index contributed by atoms with van der Waals surface area (Å²) in [4.78, 5) is 11.4. The van der Waals surface area contributed by atoms with Gasteiger partial charge in [-0.2, -0.15) is 0 Å². The first-order valence-corrected chi connectivity index (χ1v) is 10.8. The van der Waals surface area contributed by atoms with Gasteiger partial charge in [-0.3, -0.25) is 4.79 Å². The van der Waals surface area contributed by atoms with Crippen molar-refractivity contribution in [2.24, 2.45) is 0 Å². The summed E-state index contributed by atoms with van der Waals surface area (Å²) in [5.41, 5.74) is 1.44. The summed E-state index contributed by atoms with van der Waals surface area (Å²) in [6.45, 7) is 1.88. The summed E-state index contributed by atoms with van der Waals surface area (Å²) in [5.74, 6) is 0.525. The molecule has 2 aromatic carbocycles. The summed E-state index contributed by atoms with van der Waals surface area (Å²) in [6, 6.07) is 13.7. The second-order valence-electron chi connectivity index (χ2n) is 5.97. The van der Waals surface area contributed by atoms with E-state index in [0.29, 0.717) is 27.9 Å². The molecule has 6 nitrogen and oxygen atoms in total. The van der Waals surface area contributed by atoms with E-state index in [0.717, 1.165) is 10.9 Å². The zero-order valence-corrected chi connectivity index (χ0v) is 17.9. The van der Waals surface area contributed by atoms with Crippen LogP contribution < -0.4 is 10.1 Å². The number of ether oxygens (including phenoxy) is 1. The number of hydrogen-bond donors (Lipinski definition) is 1. The van der Waals surface area contributed by atoms with Crippen LogP contribution in [0, 0.1) is 3.70 Å². The number of nitrogens with one attached hydrogen (secondary N) is 1. The van der Waals surface area contributed by atoms with Gasteiger partial charge in [-0.25, -0.2) is 12.4 Å². The van der Waals surface area contributed by atoms with Crippen molar-refractivity contribution < 1.29 is 17.9 Å². The number of nitrogens with zero attached hydrogens (tertiary/aromatic N) is 1. The van der Waals surface area contributed by atoms with E-state index in [1.54, 1.807) is 49.6 Å². The monoisotopic (exact) mass is 498 g/mol. The van der Waals surface area contributed by atoms with Crippen molar-refractivity contribution in [3.63, 3.8) is 0 Å². The third kappa shape index (κ3) is 3.81. The highest BCUT2D eigenvalue weighted by Crippen LogP contribution is 2.33. The lowest BCUT2D eigenvalue weighted by Gasteiger charge is -2.09. The van der Waals surface area contributed by atoms with Crippen molar-refractivity contribution in [1.82, 2.24) is 9.29 Å². The number of fused-ring (bicyclic) bond motifs is 1. The number of halogens is 1. The van der Waals surface area contributed by atoms with E-state index in [9.17, 15) is 13.2 Å². The fourth-order valence-corrected chi connectivity index (χ4v) is 5.98. The predicted octanol–water partition coefficient (Wildman–Crippen LogP) is 3.17. The molecule has 3 aromatic rings. The Balaban J connectivity index is 2.21. The Bertz CT molecular complexity index is 1090. The number of amides is 1. The van der Waals surface area contributed by atoms with E-state index in [1.165, 1.54) is 10.9 Å². The largest absolute Gasteiger partial charge is 0.497 e. The summed E-state index contributed by atoms with van der Waals surface area (Å²) in [5, 5.41) is 3.56. The molecule has 0 saturated heterocycles. The lowest BCUT2D eigenvalue weighted by Crippen LogP contribution is -2.22. The molecule has 1 aromatic heterocycles. The highest BCUT2D eigenvalue weighted by molar-refractivity contribution is 14.1. The molecule has 1 amide bonds. The molecular weight excluding hydrogens is 479 g/mol. The average Bonchev–Trinajstić information content (AvgIpc) is 2.93. The van der Waals surface area contributed by atoms with Gasteiger partial charge in [0.25, 0.3) is 10.0 Å². The summed E-state index contributed by atoms with van der Waals surface area (Å²) >= 11 is 2.06. The number of hydrogen-bond acceptors (Lipinski definition) is 4. The van der Waals surface area contributed by atoms with Gasteiger partial charge in [-0.05, 0) is 64.9 Å². The number of rotatable bonds is 6. The number of carbonyl (C=O) groups is 1. The molecule has 0 fully saturated rings. The van der Waals surface area contributed by atoms with Crippen LogP contribution in [0.2, 0.25) is 0 Å². The Labute approximate surface area is 171 Å². The van der Waals surface area contributed by atoms with Crippen LogP contribution in [-0.2, 0) is 21.2 Å². The molecular formula is C19H19IN2O4S. The van der Waals surface area contributed by atoms with Gasteiger partial charge >= 0.3 is 0 Å². The van der Waals surface area contributed by atoms with Crippen LogP contribution >= 0.6 is 22.6 Å². The number of methoxy groups -OCH3 is 1. The van der Waals surface area contributed by atoms with Crippen molar-refractivity contribution in [3.05, 3.63) is 57.8 Å². The molecule has 27 heavy (non-hydrogen) atoms. The lowest BCUT2D eigenvalue weighted by atomic mass is 10.1. The maximum absolute atomic E-state index is 13.3. The molecule has 0 spiro atoms. The van der Waals surface area contributed by atoms with Crippen LogP contribution in [0.1, 0.15) is 12.5 Å². The molecule has 8 heteroatoms. The highest BCUT2D eigenvalue weighted by Gasteiger charge is 2.25. The molecule has 0 bridgehead atoms. The molecule has 0 aliphatic carbocycles. The molecule has 0 unspecified atom stereocenters. The fraction of sp³-hybridized carbons (Fsp3) is 0.211. The van der Waals surface area contributed by atoms with Crippen LogP contribution in [0.4, 0.5) is 0 Å². The zero-order chi connectivity index (χ0) is 19.6. The minimum absolute atomic E-state index is 0.122. The van der Waals surface area contributed by atoms with Gasteiger partial charge in [0.15, 0.2) is 0 Å². The van der Waals surface area contributed by atoms with Gasteiger partial charge in [-0.1, -0.05) is 18.2 Å². The molecule has 0 atom stereocenters. The SMILES string of the molecule is COc1ccc2c(c1)c(CCNC(C)=O)c(I)n2S(=O)(=O)c1ccccc1. The maximum Gasteiger partial charge on any atom is 0.269 e. The zero-order valence-electron chi connectivity index (χ0n) is 14.9. The first-order valence-electron chi connectivity index (χ1n) is 8.28. The second-order valence-corrected chi connectivity index (χ2v) is 8.78. The Hall–Kier alpha value is -2.07. The number of benzene rings is 2. The van der Waals surface area contributed by atoms with E-state index in [2.05, 4.69) is 27.9 Å². The van der Waals surface area contributed by atoms with Gasteiger partial charge in [0.05, 0.1) is 21.2 Å². The van der Waals surface area contributed by atoms with Gasteiger partial charge < -0.3 is 10.1 Å². The summed E-state index contributed by atoms with van der Waals surface area (Å²) in [6.07, 6.45) is 0.513. The fourth-order valence-electron chi connectivity index (χ4n) is 2.93. The number of aromatic nitrogens is 1. The summed E-state index contributed by atoms with van der Waals surface area (Å²) < 4.78 is 33.8.